The number of rotatable bonds is 9. The average molecular weight is 528 g/mol. The van der Waals surface area contributed by atoms with Gasteiger partial charge in [-0.3, -0.25) is 9.48 Å². The first-order chi connectivity index (χ1) is 16.5. The van der Waals surface area contributed by atoms with Crippen molar-refractivity contribution in [3.8, 4) is 0 Å². The fourth-order valence-corrected chi connectivity index (χ4v) is 3.63. The van der Waals surface area contributed by atoms with Crippen LogP contribution in [0, 0.1) is 11.6 Å². The molecule has 0 spiro atoms. The Balaban J connectivity index is 1.91. The van der Waals surface area contributed by atoms with Gasteiger partial charge in [-0.15, -0.1) is 0 Å². The van der Waals surface area contributed by atoms with Crippen LogP contribution in [0.25, 0.3) is 0 Å². The number of benzene rings is 2. The first-order valence-electron chi connectivity index (χ1n) is 9.88. The number of carboxylic acids is 2. The predicted molar refractivity (Wildman–Crippen MR) is 120 cm³/mol. The number of aromatic nitrogens is 2. The molecule has 0 aliphatic heterocycles. The first kappa shape index (κ1) is 26.1. The third-order valence-electron chi connectivity index (χ3n) is 5.03. The lowest BCUT2D eigenvalue weighted by Crippen LogP contribution is -2.48. The van der Waals surface area contributed by atoms with Crippen molar-refractivity contribution in [2.45, 2.75) is 25.1 Å². The molecule has 3 aromatic rings. The molecule has 0 saturated carbocycles. The summed E-state index contributed by atoms with van der Waals surface area (Å²) in [6.45, 7) is -0.700. The van der Waals surface area contributed by atoms with Crippen LogP contribution in [0.15, 0.2) is 42.5 Å². The minimum atomic E-state index is -2.04. The Bertz CT molecular complexity index is 1300. The lowest BCUT2D eigenvalue weighted by atomic mass is 10.0. The molecule has 0 saturated heterocycles. The second-order valence-corrected chi connectivity index (χ2v) is 8.17. The van der Waals surface area contributed by atoms with Gasteiger partial charge in [0.05, 0.1) is 17.6 Å². The Kier molecular flexibility index (Phi) is 8.05. The van der Waals surface area contributed by atoms with Crippen molar-refractivity contribution in [2.75, 3.05) is 0 Å². The highest BCUT2D eigenvalue weighted by Crippen LogP contribution is 2.23. The van der Waals surface area contributed by atoms with Crippen LogP contribution in [-0.4, -0.2) is 55.1 Å². The molecule has 4 N–H and O–H groups in total. The zero-order chi connectivity index (χ0) is 25.9. The maximum absolute atomic E-state index is 14.3. The number of halogens is 4. The predicted octanol–water partition coefficient (Wildman–Crippen LogP) is 3.00. The zero-order valence-electron chi connectivity index (χ0n) is 17.6. The van der Waals surface area contributed by atoms with Crippen LogP contribution in [0.1, 0.15) is 32.1 Å². The summed E-state index contributed by atoms with van der Waals surface area (Å²) >= 11 is 11.8. The molecule has 1 amide bonds. The van der Waals surface area contributed by atoms with Crippen molar-refractivity contribution >= 4 is 41.0 Å². The van der Waals surface area contributed by atoms with Crippen LogP contribution in [-0.2, 0) is 17.8 Å². The van der Waals surface area contributed by atoms with Gasteiger partial charge in [-0.05, 0) is 30.2 Å². The van der Waals surface area contributed by atoms with Crippen molar-refractivity contribution in [1.29, 1.82) is 0 Å². The van der Waals surface area contributed by atoms with E-state index in [9.17, 15) is 38.5 Å². The molecule has 1 heterocycles. The first-order valence-corrected chi connectivity index (χ1v) is 10.6. The van der Waals surface area contributed by atoms with Gasteiger partial charge in [-0.1, -0.05) is 41.4 Å². The van der Waals surface area contributed by atoms with Crippen LogP contribution in [0.4, 0.5) is 8.78 Å². The fourth-order valence-electron chi connectivity index (χ4n) is 3.24. The van der Waals surface area contributed by atoms with E-state index in [1.807, 2.05) is 0 Å². The summed E-state index contributed by atoms with van der Waals surface area (Å²) in [5, 5.41) is 34.8. The largest absolute Gasteiger partial charge is 0.479 e. The summed E-state index contributed by atoms with van der Waals surface area (Å²) in [7, 11) is 0. The number of aliphatic hydroxyl groups excluding tert-OH is 1. The summed E-state index contributed by atoms with van der Waals surface area (Å²) in [6.07, 6.45) is -2.21. The Labute approximate surface area is 206 Å². The molecule has 9 nitrogen and oxygen atoms in total. The molecule has 0 aliphatic rings. The normalized spacial score (nSPS) is 12.7. The number of aromatic carboxylic acids is 1. The summed E-state index contributed by atoms with van der Waals surface area (Å²) in [6, 6.07) is 7.73. The molecule has 0 radical (unpaired) electrons. The van der Waals surface area contributed by atoms with Crippen molar-refractivity contribution in [3.05, 3.63) is 86.7 Å². The lowest BCUT2D eigenvalue weighted by Gasteiger charge is -2.21. The number of hydrogen-bond donors (Lipinski definition) is 4. The number of carboxylic acid groups (broad SMARTS) is 2. The molecule has 184 valence electrons. The standard InChI is InChI=1S/C22H17Cl2F2N3O6/c23-12-4-2-1-3-10(12)7-15(19(30)22(34)35)27-20(31)16-8-17(21(32)33)29(28-16)9-11-14(25)6-5-13(24)18(11)26/h1-6,8,15,19,30H,7,9H2,(H,27,31)(H,32,33)(H,34,35)/t15-,19-/m1/s1. The van der Waals surface area contributed by atoms with E-state index in [4.69, 9.17) is 23.2 Å². The minimum absolute atomic E-state index is 0.176. The van der Waals surface area contributed by atoms with E-state index < -0.39 is 70.1 Å². The molecular weight excluding hydrogens is 511 g/mol. The van der Waals surface area contributed by atoms with Crippen LogP contribution >= 0.6 is 23.2 Å². The molecule has 1 aromatic heterocycles. The fraction of sp³-hybridized carbons (Fsp3) is 0.182. The Morgan fingerprint density at radius 3 is 2.37 bits per heavy atom. The Morgan fingerprint density at radius 1 is 1.06 bits per heavy atom. The number of nitrogens with zero attached hydrogens (tertiary/aromatic N) is 2. The molecule has 3 rings (SSSR count). The van der Waals surface area contributed by atoms with Crippen molar-refractivity contribution < 1.29 is 38.5 Å². The maximum Gasteiger partial charge on any atom is 0.354 e. The third kappa shape index (κ3) is 5.94. The average Bonchev–Trinajstić information content (AvgIpc) is 3.24. The number of amides is 1. The molecule has 2 aromatic carbocycles. The van der Waals surface area contributed by atoms with E-state index in [0.717, 1.165) is 18.2 Å². The van der Waals surface area contributed by atoms with Gasteiger partial charge >= 0.3 is 11.9 Å². The molecule has 0 aliphatic carbocycles. The number of hydrogen-bond acceptors (Lipinski definition) is 5. The molecule has 2 atom stereocenters. The van der Waals surface area contributed by atoms with Crippen molar-refractivity contribution in [1.82, 2.24) is 15.1 Å². The number of aliphatic carboxylic acids is 1. The van der Waals surface area contributed by atoms with E-state index in [2.05, 4.69) is 10.4 Å². The highest BCUT2D eigenvalue weighted by molar-refractivity contribution is 6.31. The number of nitrogens with one attached hydrogen (secondary N) is 1. The highest BCUT2D eigenvalue weighted by atomic mass is 35.5. The van der Waals surface area contributed by atoms with Gasteiger partial charge in [0.25, 0.3) is 5.91 Å². The second kappa shape index (κ2) is 10.8. The van der Waals surface area contributed by atoms with E-state index in [1.165, 1.54) is 6.07 Å². The highest BCUT2D eigenvalue weighted by Gasteiger charge is 2.30. The van der Waals surface area contributed by atoms with Crippen molar-refractivity contribution in [3.63, 3.8) is 0 Å². The molecule has 0 bridgehead atoms. The molecule has 0 unspecified atom stereocenters. The third-order valence-corrected chi connectivity index (χ3v) is 5.69. The SMILES string of the molecule is O=C(N[C@H](Cc1ccccc1Cl)[C@@H](O)C(=O)O)c1cc(C(=O)O)n(Cc2c(F)ccc(Cl)c2F)n1. The van der Waals surface area contributed by atoms with E-state index in [1.54, 1.807) is 18.2 Å². The molecule has 35 heavy (non-hydrogen) atoms. The van der Waals surface area contributed by atoms with Gasteiger partial charge in [0.15, 0.2) is 11.8 Å². The van der Waals surface area contributed by atoms with Crippen LogP contribution < -0.4 is 5.32 Å². The zero-order valence-corrected chi connectivity index (χ0v) is 19.1. The molecule has 0 fully saturated rings. The van der Waals surface area contributed by atoms with Crippen molar-refractivity contribution in [2.24, 2.45) is 0 Å². The second-order valence-electron chi connectivity index (χ2n) is 7.36. The Hall–Kier alpha value is -3.54. The van der Waals surface area contributed by atoms with Crippen LogP contribution in [0.5, 0.6) is 0 Å². The summed E-state index contributed by atoms with van der Waals surface area (Å²) in [5.41, 5.74) is -1.21. The van der Waals surface area contributed by atoms with Gasteiger partial charge in [0.1, 0.15) is 17.3 Å². The quantitative estimate of drug-likeness (QED) is 0.313. The molecular formula is C22H17Cl2F2N3O6. The maximum atomic E-state index is 14.3. The Morgan fingerprint density at radius 2 is 1.74 bits per heavy atom. The smallest absolute Gasteiger partial charge is 0.354 e. The van der Waals surface area contributed by atoms with E-state index >= 15 is 0 Å². The van der Waals surface area contributed by atoms with Gasteiger partial charge in [0, 0.05) is 16.7 Å². The summed E-state index contributed by atoms with van der Waals surface area (Å²) < 4.78 is 29.1. The number of carbonyl (C=O) groups is 3. The lowest BCUT2D eigenvalue weighted by molar-refractivity contribution is -0.148. The topological polar surface area (TPSA) is 142 Å². The minimum Gasteiger partial charge on any atom is -0.479 e. The summed E-state index contributed by atoms with van der Waals surface area (Å²) in [4.78, 5) is 35.8. The summed E-state index contributed by atoms with van der Waals surface area (Å²) in [5.74, 6) is -6.32. The number of aliphatic hydroxyl groups is 1. The van der Waals surface area contributed by atoms with Crippen LogP contribution in [0.3, 0.4) is 0 Å². The van der Waals surface area contributed by atoms with Crippen LogP contribution in [0.2, 0.25) is 10.0 Å². The van der Waals surface area contributed by atoms with E-state index in [0.29, 0.717) is 10.2 Å². The number of carbonyl (C=O) groups excluding carboxylic acids is 1. The monoisotopic (exact) mass is 527 g/mol. The molecule has 13 heteroatoms. The van der Waals surface area contributed by atoms with Gasteiger partial charge in [0.2, 0.25) is 0 Å². The van der Waals surface area contributed by atoms with Gasteiger partial charge in [-0.25, -0.2) is 18.4 Å². The van der Waals surface area contributed by atoms with E-state index in [-0.39, 0.29) is 11.4 Å². The van der Waals surface area contributed by atoms with Gasteiger partial charge < -0.3 is 20.6 Å². The van der Waals surface area contributed by atoms with Gasteiger partial charge in [-0.2, -0.15) is 5.10 Å².